The Morgan fingerprint density at radius 3 is 2.50 bits per heavy atom. The van der Waals surface area contributed by atoms with E-state index < -0.39 is 0 Å². The van der Waals surface area contributed by atoms with Gasteiger partial charge < -0.3 is 0 Å². The summed E-state index contributed by atoms with van der Waals surface area (Å²) in [7, 11) is 0. The zero-order valence-electron chi connectivity index (χ0n) is 16.1. The predicted octanol–water partition coefficient (Wildman–Crippen LogP) is 6.08. The predicted molar refractivity (Wildman–Crippen MR) is 116 cm³/mol. The van der Waals surface area contributed by atoms with E-state index in [1.54, 1.807) is 5.57 Å². The third-order valence-corrected chi connectivity index (χ3v) is 6.91. The van der Waals surface area contributed by atoms with Gasteiger partial charge in [-0.2, -0.15) is 0 Å². The molecule has 28 heavy (non-hydrogen) atoms. The highest BCUT2D eigenvalue weighted by molar-refractivity contribution is 5.80. The summed E-state index contributed by atoms with van der Waals surface area (Å²) in [4.78, 5) is 2.72. The van der Waals surface area contributed by atoms with Crippen LogP contribution < -0.4 is 0 Å². The molecule has 1 saturated heterocycles. The number of fused-ring (bicyclic) bond motifs is 5. The SMILES string of the molecule is C1=C(c2ccc3c(c2)Cc2ccccc2-3)CC2CCC1N2Cc1ccccc1. The molecule has 1 heteroatoms. The monoisotopic (exact) mass is 363 g/mol. The highest BCUT2D eigenvalue weighted by Crippen LogP contribution is 2.42. The van der Waals surface area contributed by atoms with E-state index in [2.05, 4.69) is 83.8 Å². The van der Waals surface area contributed by atoms with Crippen LogP contribution in [0, 0.1) is 0 Å². The van der Waals surface area contributed by atoms with Gasteiger partial charge in [-0.3, -0.25) is 4.90 Å². The number of benzene rings is 3. The average molecular weight is 364 g/mol. The van der Waals surface area contributed by atoms with Crippen LogP contribution in [-0.2, 0) is 13.0 Å². The van der Waals surface area contributed by atoms with E-state index in [1.807, 2.05) is 0 Å². The molecule has 1 aliphatic carbocycles. The molecule has 3 aliphatic rings. The number of rotatable bonds is 3. The van der Waals surface area contributed by atoms with Gasteiger partial charge >= 0.3 is 0 Å². The van der Waals surface area contributed by atoms with Crippen molar-refractivity contribution in [3.05, 3.63) is 101 Å². The van der Waals surface area contributed by atoms with Gasteiger partial charge in [-0.15, -0.1) is 0 Å². The van der Waals surface area contributed by atoms with E-state index in [0.29, 0.717) is 12.1 Å². The minimum atomic E-state index is 0.597. The van der Waals surface area contributed by atoms with Crippen LogP contribution in [0.15, 0.2) is 78.9 Å². The van der Waals surface area contributed by atoms with Gasteiger partial charge in [-0.05, 0) is 64.6 Å². The lowest BCUT2D eigenvalue weighted by Crippen LogP contribution is -2.37. The van der Waals surface area contributed by atoms with E-state index in [9.17, 15) is 0 Å². The normalized spacial score (nSPS) is 22.6. The molecule has 0 amide bonds. The maximum Gasteiger partial charge on any atom is 0.0291 e. The molecule has 3 aromatic carbocycles. The van der Waals surface area contributed by atoms with Gasteiger partial charge in [0.2, 0.25) is 0 Å². The first-order valence-electron chi connectivity index (χ1n) is 10.6. The molecular formula is C27H25N. The molecule has 2 bridgehead atoms. The van der Waals surface area contributed by atoms with Gasteiger partial charge in [0.15, 0.2) is 0 Å². The molecule has 2 unspecified atom stereocenters. The molecule has 3 aromatic rings. The minimum Gasteiger partial charge on any atom is -0.289 e. The molecule has 0 saturated carbocycles. The molecule has 2 aliphatic heterocycles. The van der Waals surface area contributed by atoms with Gasteiger partial charge in [0.05, 0.1) is 0 Å². The topological polar surface area (TPSA) is 3.24 Å². The Hall–Kier alpha value is -2.64. The second-order valence-electron chi connectivity index (χ2n) is 8.56. The van der Waals surface area contributed by atoms with E-state index in [0.717, 1.165) is 13.0 Å². The van der Waals surface area contributed by atoms with E-state index in [4.69, 9.17) is 0 Å². The highest BCUT2D eigenvalue weighted by atomic mass is 15.2. The molecular weight excluding hydrogens is 338 g/mol. The van der Waals surface area contributed by atoms with Crippen molar-refractivity contribution < 1.29 is 0 Å². The molecule has 0 N–H and O–H groups in total. The van der Waals surface area contributed by atoms with Crippen molar-refractivity contribution in [1.29, 1.82) is 0 Å². The first kappa shape index (κ1) is 16.3. The van der Waals surface area contributed by atoms with Crippen molar-refractivity contribution in [2.24, 2.45) is 0 Å². The van der Waals surface area contributed by atoms with Crippen molar-refractivity contribution in [3.8, 4) is 11.1 Å². The fraction of sp³-hybridized carbons (Fsp3) is 0.259. The molecule has 0 aromatic heterocycles. The van der Waals surface area contributed by atoms with Crippen molar-refractivity contribution in [3.63, 3.8) is 0 Å². The van der Waals surface area contributed by atoms with Gasteiger partial charge in [-0.1, -0.05) is 78.9 Å². The summed E-state index contributed by atoms with van der Waals surface area (Å²) in [6.07, 6.45) is 7.47. The first-order chi connectivity index (χ1) is 13.8. The largest absolute Gasteiger partial charge is 0.289 e. The van der Waals surface area contributed by atoms with Gasteiger partial charge in [0.1, 0.15) is 0 Å². The van der Waals surface area contributed by atoms with E-state index >= 15 is 0 Å². The molecule has 1 nitrogen and oxygen atoms in total. The lowest BCUT2D eigenvalue weighted by molar-refractivity contribution is 0.203. The molecule has 1 fully saturated rings. The van der Waals surface area contributed by atoms with Gasteiger partial charge in [-0.25, -0.2) is 0 Å². The van der Waals surface area contributed by atoms with Crippen molar-refractivity contribution in [1.82, 2.24) is 4.90 Å². The van der Waals surface area contributed by atoms with Crippen LogP contribution >= 0.6 is 0 Å². The first-order valence-corrected chi connectivity index (χ1v) is 10.6. The maximum absolute atomic E-state index is 2.72. The second-order valence-corrected chi connectivity index (χ2v) is 8.56. The lowest BCUT2D eigenvalue weighted by Gasteiger charge is -2.34. The van der Waals surface area contributed by atoms with Gasteiger partial charge in [0, 0.05) is 18.6 Å². The smallest absolute Gasteiger partial charge is 0.0291 e. The molecule has 0 spiro atoms. The van der Waals surface area contributed by atoms with Crippen LogP contribution in [0.4, 0.5) is 0 Å². The van der Waals surface area contributed by atoms with Crippen LogP contribution in [0.2, 0.25) is 0 Å². The molecule has 2 heterocycles. The Morgan fingerprint density at radius 1 is 0.786 bits per heavy atom. The third-order valence-electron chi connectivity index (χ3n) is 6.91. The summed E-state index contributed by atoms with van der Waals surface area (Å²) in [6.45, 7) is 1.08. The van der Waals surface area contributed by atoms with Gasteiger partial charge in [0.25, 0.3) is 0 Å². The fourth-order valence-corrected chi connectivity index (χ4v) is 5.52. The zero-order valence-corrected chi connectivity index (χ0v) is 16.1. The van der Waals surface area contributed by atoms with Crippen LogP contribution in [-0.4, -0.2) is 17.0 Å². The molecule has 138 valence electrons. The summed E-state index contributed by atoms with van der Waals surface area (Å²) >= 11 is 0. The standard InChI is InChI=1S/C27H25N/c1-2-6-19(7-3-1)18-28-24-11-12-25(28)17-22(16-24)20-10-13-27-23(14-20)15-21-8-4-5-9-26(21)27/h1-10,13-14,16,24-25H,11-12,15,17-18H2. The Balaban J connectivity index is 1.28. The summed E-state index contributed by atoms with van der Waals surface area (Å²) in [6, 6.07) is 28.3. The molecule has 2 atom stereocenters. The summed E-state index contributed by atoms with van der Waals surface area (Å²) in [5.74, 6) is 0. The number of hydrogen-bond donors (Lipinski definition) is 0. The third kappa shape index (κ3) is 2.65. The number of hydrogen-bond acceptors (Lipinski definition) is 1. The Morgan fingerprint density at radius 2 is 1.61 bits per heavy atom. The van der Waals surface area contributed by atoms with E-state index in [1.165, 1.54) is 52.6 Å². The fourth-order valence-electron chi connectivity index (χ4n) is 5.52. The van der Waals surface area contributed by atoms with E-state index in [-0.39, 0.29) is 0 Å². The molecule has 6 rings (SSSR count). The average Bonchev–Trinajstić information content (AvgIpc) is 3.20. The van der Waals surface area contributed by atoms with Crippen molar-refractivity contribution >= 4 is 5.57 Å². The zero-order chi connectivity index (χ0) is 18.5. The second kappa shape index (κ2) is 6.46. The Bertz CT molecular complexity index is 1060. The van der Waals surface area contributed by atoms with Crippen LogP contribution in [0.1, 0.15) is 41.5 Å². The Labute approximate surface area is 167 Å². The molecule has 0 radical (unpaired) electrons. The highest BCUT2D eigenvalue weighted by Gasteiger charge is 2.36. The van der Waals surface area contributed by atoms with Crippen LogP contribution in [0.25, 0.3) is 16.7 Å². The van der Waals surface area contributed by atoms with Crippen LogP contribution in [0.3, 0.4) is 0 Å². The Kier molecular flexibility index (Phi) is 3.77. The quantitative estimate of drug-likeness (QED) is 0.426. The maximum atomic E-state index is 2.72. The van der Waals surface area contributed by atoms with Crippen molar-refractivity contribution in [2.45, 2.75) is 44.3 Å². The summed E-state index contributed by atoms with van der Waals surface area (Å²) < 4.78 is 0. The minimum absolute atomic E-state index is 0.597. The number of nitrogens with zero attached hydrogens (tertiary/aromatic N) is 1. The lowest BCUT2D eigenvalue weighted by atomic mass is 9.92. The summed E-state index contributed by atoms with van der Waals surface area (Å²) in [5, 5.41) is 0. The van der Waals surface area contributed by atoms with Crippen LogP contribution in [0.5, 0.6) is 0 Å². The van der Waals surface area contributed by atoms with Crippen molar-refractivity contribution in [2.75, 3.05) is 0 Å². The summed E-state index contributed by atoms with van der Waals surface area (Å²) in [5.41, 5.74) is 10.3.